The Bertz CT molecular complexity index is 599. The molecule has 0 amide bonds. The number of morpholine rings is 1. The van der Waals surface area contributed by atoms with Crippen LogP contribution in [-0.2, 0) is 19.6 Å². The number of carboxylic acid groups (broad SMARTS) is 1. The Morgan fingerprint density at radius 1 is 1.50 bits per heavy atom. The minimum Gasteiger partial charge on any atom is -0.481 e. The van der Waals surface area contributed by atoms with Crippen molar-refractivity contribution in [3.05, 3.63) is 29.8 Å². The number of rotatable bonds is 4. The van der Waals surface area contributed by atoms with E-state index in [-0.39, 0.29) is 31.1 Å². The van der Waals surface area contributed by atoms with Crippen molar-refractivity contribution < 1.29 is 23.1 Å². The van der Waals surface area contributed by atoms with Gasteiger partial charge >= 0.3 is 5.97 Å². The van der Waals surface area contributed by atoms with Gasteiger partial charge in [-0.3, -0.25) is 4.79 Å². The SMILES string of the molecule is Cc1cccc(S(=O)(=O)N2CCOCC2CC(=O)O)c1. The molecule has 1 aliphatic rings. The van der Waals surface area contributed by atoms with Gasteiger partial charge in [-0.1, -0.05) is 12.1 Å². The fourth-order valence-electron chi connectivity index (χ4n) is 2.23. The largest absolute Gasteiger partial charge is 0.481 e. The number of aryl methyl sites for hydroxylation is 1. The van der Waals surface area contributed by atoms with Gasteiger partial charge in [-0.05, 0) is 24.6 Å². The summed E-state index contributed by atoms with van der Waals surface area (Å²) in [6, 6.07) is 5.94. The molecular weight excluding hydrogens is 282 g/mol. The molecule has 0 aliphatic carbocycles. The highest BCUT2D eigenvalue weighted by Crippen LogP contribution is 2.22. The second kappa shape index (κ2) is 5.90. The zero-order chi connectivity index (χ0) is 14.8. The number of hydrogen-bond donors (Lipinski definition) is 1. The number of aliphatic carboxylic acids is 1. The molecule has 0 saturated carbocycles. The monoisotopic (exact) mass is 299 g/mol. The average molecular weight is 299 g/mol. The molecule has 110 valence electrons. The molecule has 0 radical (unpaired) electrons. The fraction of sp³-hybridized carbons (Fsp3) is 0.462. The summed E-state index contributed by atoms with van der Waals surface area (Å²) in [6.45, 7) is 2.37. The van der Waals surface area contributed by atoms with Gasteiger partial charge in [0, 0.05) is 6.54 Å². The molecule has 1 aliphatic heterocycles. The van der Waals surface area contributed by atoms with Gasteiger partial charge in [-0.15, -0.1) is 0 Å². The van der Waals surface area contributed by atoms with Crippen LogP contribution in [0.5, 0.6) is 0 Å². The number of hydrogen-bond acceptors (Lipinski definition) is 4. The number of carbonyl (C=O) groups is 1. The van der Waals surface area contributed by atoms with Crippen LogP contribution in [0.25, 0.3) is 0 Å². The minimum atomic E-state index is -3.69. The first-order valence-electron chi connectivity index (χ1n) is 6.29. The lowest BCUT2D eigenvalue weighted by Gasteiger charge is -2.33. The summed E-state index contributed by atoms with van der Waals surface area (Å²) in [7, 11) is -3.69. The third-order valence-electron chi connectivity index (χ3n) is 3.18. The molecule has 0 spiro atoms. The zero-order valence-corrected chi connectivity index (χ0v) is 12.0. The van der Waals surface area contributed by atoms with E-state index in [1.165, 1.54) is 10.4 Å². The van der Waals surface area contributed by atoms with Crippen LogP contribution in [0, 0.1) is 6.92 Å². The first-order chi connectivity index (χ1) is 9.41. The van der Waals surface area contributed by atoms with Crippen LogP contribution in [0.4, 0.5) is 0 Å². The smallest absolute Gasteiger partial charge is 0.305 e. The van der Waals surface area contributed by atoms with Gasteiger partial charge in [0.1, 0.15) is 0 Å². The Kier molecular flexibility index (Phi) is 4.42. The van der Waals surface area contributed by atoms with Crippen molar-refractivity contribution in [1.82, 2.24) is 4.31 Å². The number of sulfonamides is 1. The van der Waals surface area contributed by atoms with E-state index in [4.69, 9.17) is 9.84 Å². The van der Waals surface area contributed by atoms with Crippen molar-refractivity contribution in [2.24, 2.45) is 0 Å². The predicted octanol–water partition coefficient (Wildman–Crippen LogP) is 0.859. The molecule has 1 aromatic carbocycles. The molecule has 1 aromatic rings. The van der Waals surface area contributed by atoms with Crippen LogP contribution in [0.1, 0.15) is 12.0 Å². The zero-order valence-electron chi connectivity index (χ0n) is 11.2. The Hall–Kier alpha value is -1.44. The quantitative estimate of drug-likeness (QED) is 0.891. The van der Waals surface area contributed by atoms with Crippen molar-refractivity contribution in [1.29, 1.82) is 0 Å². The van der Waals surface area contributed by atoms with E-state index in [1.807, 2.05) is 13.0 Å². The Morgan fingerprint density at radius 2 is 2.25 bits per heavy atom. The van der Waals surface area contributed by atoms with Crippen LogP contribution in [0.15, 0.2) is 29.2 Å². The second-order valence-electron chi connectivity index (χ2n) is 4.76. The summed E-state index contributed by atoms with van der Waals surface area (Å²) < 4.78 is 31.7. The maximum absolute atomic E-state index is 12.6. The summed E-state index contributed by atoms with van der Waals surface area (Å²) in [5, 5.41) is 8.89. The highest BCUT2D eigenvalue weighted by Gasteiger charge is 2.35. The molecule has 7 heteroatoms. The van der Waals surface area contributed by atoms with Crippen LogP contribution < -0.4 is 0 Å². The molecule has 1 atom stereocenters. The van der Waals surface area contributed by atoms with E-state index in [0.29, 0.717) is 0 Å². The summed E-state index contributed by atoms with van der Waals surface area (Å²) in [5.41, 5.74) is 0.842. The van der Waals surface area contributed by atoms with Crippen molar-refractivity contribution in [2.75, 3.05) is 19.8 Å². The van der Waals surface area contributed by atoms with Gasteiger partial charge in [0.05, 0.1) is 30.6 Å². The molecule has 0 aromatic heterocycles. The van der Waals surface area contributed by atoms with Gasteiger partial charge in [0.15, 0.2) is 0 Å². The number of ether oxygens (including phenoxy) is 1. The first-order valence-corrected chi connectivity index (χ1v) is 7.73. The lowest BCUT2D eigenvalue weighted by Crippen LogP contribution is -2.49. The molecule has 1 heterocycles. The maximum atomic E-state index is 12.6. The average Bonchev–Trinajstić information content (AvgIpc) is 2.38. The van der Waals surface area contributed by atoms with Gasteiger partial charge in [-0.2, -0.15) is 4.31 Å². The van der Waals surface area contributed by atoms with Gasteiger partial charge in [0.25, 0.3) is 0 Å². The second-order valence-corrected chi connectivity index (χ2v) is 6.65. The molecule has 1 saturated heterocycles. The number of nitrogens with zero attached hydrogens (tertiary/aromatic N) is 1. The fourth-order valence-corrected chi connectivity index (χ4v) is 3.93. The van der Waals surface area contributed by atoms with Crippen molar-refractivity contribution >= 4 is 16.0 Å². The molecule has 0 bridgehead atoms. The Labute approximate surface area is 118 Å². The number of carboxylic acids is 1. The van der Waals surface area contributed by atoms with Gasteiger partial charge in [0.2, 0.25) is 10.0 Å². The van der Waals surface area contributed by atoms with Crippen LogP contribution in [0.2, 0.25) is 0 Å². The van der Waals surface area contributed by atoms with E-state index in [0.717, 1.165) is 5.56 Å². The minimum absolute atomic E-state index is 0.108. The van der Waals surface area contributed by atoms with E-state index >= 15 is 0 Å². The molecule has 1 unspecified atom stereocenters. The van der Waals surface area contributed by atoms with E-state index in [2.05, 4.69) is 0 Å². The summed E-state index contributed by atoms with van der Waals surface area (Å²) in [4.78, 5) is 11.0. The Morgan fingerprint density at radius 3 is 2.90 bits per heavy atom. The molecular formula is C13H17NO5S. The lowest BCUT2D eigenvalue weighted by molar-refractivity contribution is -0.139. The van der Waals surface area contributed by atoms with E-state index in [9.17, 15) is 13.2 Å². The molecule has 20 heavy (non-hydrogen) atoms. The highest BCUT2D eigenvalue weighted by molar-refractivity contribution is 7.89. The first kappa shape index (κ1) is 15.0. The summed E-state index contributed by atoms with van der Waals surface area (Å²) in [5.74, 6) is -1.04. The summed E-state index contributed by atoms with van der Waals surface area (Å²) >= 11 is 0. The topological polar surface area (TPSA) is 83.9 Å². The van der Waals surface area contributed by atoms with E-state index in [1.54, 1.807) is 12.1 Å². The lowest BCUT2D eigenvalue weighted by atomic mass is 10.2. The molecule has 1 fully saturated rings. The summed E-state index contributed by atoms with van der Waals surface area (Å²) in [6.07, 6.45) is -0.259. The van der Waals surface area contributed by atoms with Crippen LogP contribution in [-0.4, -0.2) is 49.6 Å². The molecule has 2 rings (SSSR count). The molecule has 1 N–H and O–H groups in total. The normalized spacial score (nSPS) is 20.8. The van der Waals surface area contributed by atoms with E-state index < -0.39 is 22.0 Å². The standard InChI is InChI=1S/C13H17NO5S/c1-10-3-2-4-12(7-10)20(17,18)14-5-6-19-9-11(14)8-13(15)16/h2-4,7,11H,5-6,8-9H2,1H3,(H,15,16). The third-order valence-corrected chi connectivity index (χ3v) is 5.13. The van der Waals surface area contributed by atoms with Crippen molar-refractivity contribution in [2.45, 2.75) is 24.3 Å². The van der Waals surface area contributed by atoms with Crippen LogP contribution >= 0.6 is 0 Å². The highest BCUT2D eigenvalue weighted by atomic mass is 32.2. The maximum Gasteiger partial charge on any atom is 0.305 e. The number of benzene rings is 1. The van der Waals surface area contributed by atoms with Gasteiger partial charge in [-0.25, -0.2) is 8.42 Å². The predicted molar refractivity (Wildman–Crippen MR) is 71.9 cm³/mol. The van der Waals surface area contributed by atoms with Gasteiger partial charge < -0.3 is 9.84 Å². The third kappa shape index (κ3) is 3.17. The van der Waals surface area contributed by atoms with Crippen LogP contribution in [0.3, 0.4) is 0 Å². The van der Waals surface area contributed by atoms with Crippen molar-refractivity contribution in [3.63, 3.8) is 0 Å². The Balaban J connectivity index is 2.33. The molecule has 6 nitrogen and oxygen atoms in total. The van der Waals surface area contributed by atoms with Crippen molar-refractivity contribution in [3.8, 4) is 0 Å².